The molecule has 2 heterocycles. The van der Waals surface area contributed by atoms with Gasteiger partial charge in [0.25, 0.3) is 5.89 Å². The number of carbonyl (C=O) groups is 2. The second-order valence-corrected chi connectivity index (χ2v) is 7.22. The van der Waals surface area contributed by atoms with Crippen LogP contribution >= 0.6 is 22.9 Å². The van der Waals surface area contributed by atoms with E-state index < -0.39 is 11.9 Å². The SMILES string of the molecule is N#Cc1cccc2nc(C(=O)Nc3scc(-c4ccc(Cl)cc4)c3C(=O)O)oc12. The van der Waals surface area contributed by atoms with Crippen LogP contribution < -0.4 is 5.32 Å². The number of halogens is 1. The molecular formula is C20H10ClN3O4S. The van der Waals surface area contributed by atoms with Crippen LogP contribution in [0.2, 0.25) is 5.02 Å². The Labute approximate surface area is 172 Å². The Morgan fingerprint density at radius 3 is 2.66 bits per heavy atom. The lowest BCUT2D eigenvalue weighted by atomic mass is 10.0. The van der Waals surface area contributed by atoms with Crippen molar-refractivity contribution in [3.63, 3.8) is 0 Å². The number of carboxylic acid groups (broad SMARTS) is 1. The van der Waals surface area contributed by atoms with Crippen molar-refractivity contribution in [1.29, 1.82) is 5.26 Å². The quantitative estimate of drug-likeness (QED) is 0.475. The molecule has 0 bridgehead atoms. The molecule has 29 heavy (non-hydrogen) atoms. The largest absolute Gasteiger partial charge is 0.478 e. The van der Waals surface area contributed by atoms with Gasteiger partial charge in [-0.3, -0.25) is 4.79 Å². The van der Waals surface area contributed by atoms with Crippen molar-refractivity contribution in [2.24, 2.45) is 0 Å². The van der Waals surface area contributed by atoms with E-state index in [0.29, 0.717) is 21.7 Å². The van der Waals surface area contributed by atoms with Crippen molar-refractivity contribution in [3.8, 4) is 17.2 Å². The molecule has 0 fully saturated rings. The van der Waals surface area contributed by atoms with Crippen LogP contribution in [0.15, 0.2) is 52.3 Å². The Hall–Kier alpha value is -3.67. The van der Waals surface area contributed by atoms with Crippen LogP contribution in [0, 0.1) is 11.3 Å². The number of anilines is 1. The fourth-order valence-corrected chi connectivity index (χ4v) is 3.88. The van der Waals surface area contributed by atoms with Gasteiger partial charge >= 0.3 is 11.9 Å². The number of rotatable bonds is 4. The molecule has 142 valence electrons. The van der Waals surface area contributed by atoms with Gasteiger partial charge in [0.05, 0.1) is 5.56 Å². The highest BCUT2D eigenvalue weighted by molar-refractivity contribution is 7.15. The molecule has 0 aliphatic carbocycles. The summed E-state index contributed by atoms with van der Waals surface area (Å²) in [5.74, 6) is -2.16. The van der Waals surface area contributed by atoms with Gasteiger partial charge in [-0.2, -0.15) is 5.26 Å². The standard InChI is InChI=1S/C20H10ClN3O4S/c21-12-6-4-10(5-7-12)13-9-29-19(15(13)20(26)27)24-17(25)18-23-14-3-1-2-11(8-22)16(14)28-18/h1-7,9H,(H,24,25)(H,26,27). The molecule has 4 rings (SSSR count). The monoisotopic (exact) mass is 423 g/mol. The van der Waals surface area contributed by atoms with E-state index in [1.54, 1.807) is 47.8 Å². The maximum absolute atomic E-state index is 12.6. The van der Waals surface area contributed by atoms with Crippen molar-refractivity contribution in [3.05, 3.63) is 69.9 Å². The Bertz CT molecular complexity index is 1300. The molecule has 0 unspecified atom stereocenters. The van der Waals surface area contributed by atoms with Gasteiger partial charge in [0.15, 0.2) is 5.58 Å². The number of nitrogens with one attached hydrogen (secondary N) is 1. The van der Waals surface area contributed by atoms with E-state index in [1.165, 1.54) is 0 Å². The fraction of sp³-hybridized carbons (Fsp3) is 0. The summed E-state index contributed by atoms with van der Waals surface area (Å²) >= 11 is 6.96. The van der Waals surface area contributed by atoms with E-state index in [-0.39, 0.29) is 27.6 Å². The van der Waals surface area contributed by atoms with Gasteiger partial charge in [0.2, 0.25) is 0 Å². The third-order valence-electron chi connectivity index (χ3n) is 4.12. The zero-order valence-electron chi connectivity index (χ0n) is 14.5. The van der Waals surface area contributed by atoms with Crippen molar-refractivity contribution < 1.29 is 19.1 Å². The topological polar surface area (TPSA) is 116 Å². The van der Waals surface area contributed by atoms with Crippen LogP contribution in [0.25, 0.3) is 22.2 Å². The number of aromatic nitrogens is 1. The molecule has 1 amide bonds. The molecule has 4 aromatic rings. The van der Waals surface area contributed by atoms with E-state index in [1.807, 2.05) is 6.07 Å². The van der Waals surface area contributed by atoms with Crippen molar-refractivity contribution in [2.75, 3.05) is 5.32 Å². The highest BCUT2D eigenvalue weighted by Crippen LogP contribution is 2.36. The lowest BCUT2D eigenvalue weighted by molar-refractivity contribution is 0.0699. The van der Waals surface area contributed by atoms with Gasteiger partial charge in [-0.05, 0) is 29.8 Å². The third kappa shape index (κ3) is 3.45. The summed E-state index contributed by atoms with van der Waals surface area (Å²) in [5.41, 5.74) is 1.89. The lowest BCUT2D eigenvalue weighted by Gasteiger charge is -2.04. The molecule has 0 saturated heterocycles. The first kappa shape index (κ1) is 18.7. The van der Waals surface area contributed by atoms with E-state index >= 15 is 0 Å². The Morgan fingerprint density at radius 1 is 1.21 bits per heavy atom. The summed E-state index contributed by atoms with van der Waals surface area (Å²) in [5, 5.41) is 23.7. The number of hydrogen-bond donors (Lipinski definition) is 2. The van der Waals surface area contributed by atoms with Gasteiger partial charge in [-0.15, -0.1) is 11.3 Å². The number of hydrogen-bond acceptors (Lipinski definition) is 6. The highest BCUT2D eigenvalue weighted by Gasteiger charge is 2.23. The Balaban J connectivity index is 1.69. The second kappa shape index (κ2) is 7.39. The van der Waals surface area contributed by atoms with Gasteiger partial charge in [0.1, 0.15) is 22.2 Å². The summed E-state index contributed by atoms with van der Waals surface area (Å²) in [6.07, 6.45) is 0. The zero-order valence-corrected chi connectivity index (χ0v) is 16.0. The molecule has 7 nitrogen and oxygen atoms in total. The van der Waals surface area contributed by atoms with Gasteiger partial charge in [-0.1, -0.05) is 29.8 Å². The summed E-state index contributed by atoms with van der Waals surface area (Å²) in [4.78, 5) is 28.5. The van der Waals surface area contributed by atoms with Gasteiger partial charge in [-0.25, -0.2) is 9.78 Å². The van der Waals surface area contributed by atoms with Crippen molar-refractivity contribution in [1.82, 2.24) is 4.98 Å². The number of aromatic carboxylic acids is 1. The average Bonchev–Trinajstić information content (AvgIpc) is 3.32. The molecule has 9 heteroatoms. The van der Waals surface area contributed by atoms with Gasteiger partial charge in [0, 0.05) is 16.0 Å². The van der Waals surface area contributed by atoms with E-state index in [0.717, 1.165) is 11.3 Å². The smallest absolute Gasteiger partial charge is 0.339 e. The minimum atomic E-state index is -1.18. The van der Waals surface area contributed by atoms with Crippen molar-refractivity contribution >= 4 is 50.9 Å². The predicted molar refractivity (Wildman–Crippen MR) is 108 cm³/mol. The third-order valence-corrected chi connectivity index (χ3v) is 5.26. The van der Waals surface area contributed by atoms with E-state index in [4.69, 9.17) is 21.3 Å². The average molecular weight is 424 g/mol. The summed E-state index contributed by atoms with van der Waals surface area (Å²) < 4.78 is 5.43. The molecule has 2 N–H and O–H groups in total. The van der Waals surface area contributed by atoms with Crippen LogP contribution in [-0.2, 0) is 0 Å². The molecule has 2 aromatic carbocycles. The summed E-state index contributed by atoms with van der Waals surface area (Å²) in [6.45, 7) is 0. The number of carboxylic acids is 1. The molecule has 0 radical (unpaired) electrons. The number of fused-ring (bicyclic) bond motifs is 1. The first-order valence-electron chi connectivity index (χ1n) is 8.19. The summed E-state index contributed by atoms with van der Waals surface area (Å²) in [6, 6.07) is 13.5. The maximum Gasteiger partial charge on any atom is 0.339 e. The first-order chi connectivity index (χ1) is 14.0. The molecule has 0 aliphatic heterocycles. The van der Waals surface area contributed by atoms with E-state index in [2.05, 4.69) is 10.3 Å². The number of nitriles is 1. The predicted octanol–water partition coefficient (Wildman–Crippen LogP) is 5.03. The number of nitrogens with zero attached hydrogens (tertiary/aromatic N) is 2. The normalized spacial score (nSPS) is 10.6. The minimum Gasteiger partial charge on any atom is -0.478 e. The Kier molecular flexibility index (Phi) is 4.76. The molecule has 0 atom stereocenters. The Morgan fingerprint density at radius 2 is 1.97 bits per heavy atom. The number of thiophene rings is 1. The van der Waals surface area contributed by atoms with E-state index in [9.17, 15) is 14.7 Å². The van der Waals surface area contributed by atoms with Crippen LogP contribution in [-0.4, -0.2) is 22.0 Å². The molecular weight excluding hydrogens is 414 g/mol. The molecule has 2 aromatic heterocycles. The number of benzene rings is 2. The number of para-hydroxylation sites is 1. The zero-order chi connectivity index (χ0) is 20.5. The van der Waals surface area contributed by atoms with Crippen LogP contribution in [0.4, 0.5) is 5.00 Å². The number of amides is 1. The minimum absolute atomic E-state index is 0.0421. The molecule has 0 aliphatic rings. The molecule has 0 spiro atoms. The maximum atomic E-state index is 12.6. The van der Waals surface area contributed by atoms with Crippen LogP contribution in [0.5, 0.6) is 0 Å². The number of oxazole rings is 1. The lowest BCUT2D eigenvalue weighted by Crippen LogP contribution is -2.13. The molecule has 0 saturated carbocycles. The fourth-order valence-electron chi connectivity index (χ4n) is 2.79. The highest BCUT2D eigenvalue weighted by atomic mass is 35.5. The number of carbonyl (C=O) groups excluding carboxylic acids is 1. The summed E-state index contributed by atoms with van der Waals surface area (Å²) in [7, 11) is 0. The van der Waals surface area contributed by atoms with Crippen LogP contribution in [0.3, 0.4) is 0 Å². The first-order valence-corrected chi connectivity index (χ1v) is 9.45. The van der Waals surface area contributed by atoms with Crippen molar-refractivity contribution in [2.45, 2.75) is 0 Å². The van der Waals surface area contributed by atoms with Gasteiger partial charge < -0.3 is 14.8 Å². The van der Waals surface area contributed by atoms with Crippen LogP contribution in [0.1, 0.15) is 26.6 Å². The second-order valence-electron chi connectivity index (χ2n) is 5.90.